The summed E-state index contributed by atoms with van der Waals surface area (Å²) in [7, 11) is 0. The maximum absolute atomic E-state index is 13.0. The highest BCUT2D eigenvalue weighted by Crippen LogP contribution is 2.25. The lowest BCUT2D eigenvalue weighted by molar-refractivity contribution is 0.625. The van der Waals surface area contributed by atoms with Gasteiger partial charge in [0.15, 0.2) is 0 Å². The maximum Gasteiger partial charge on any atom is 0.134 e. The highest BCUT2D eigenvalue weighted by atomic mass is 32.1. The predicted octanol–water partition coefficient (Wildman–Crippen LogP) is 4.40. The van der Waals surface area contributed by atoms with Crippen molar-refractivity contribution in [3.05, 3.63) is 58.9 Å². The number of aryl methyl sites for hydroxylation is 1. The van der Waals surface area contributed by atoms with Crippen molar-refractivity contribution in [3.63, 3.8) is 0 Å². The van der Waals surface area contributed by atoms with Crippen LogP contribution in [0, 0.1) is 12.7 Å². The summed E-state index contributed by atoms with van der Waals surface area (Å²) in [6.07, 6.45) is 2.68. The van der Waals surface area contributed by atoms with Crippen LogP contribution in [0.2, 0.25) is 0 Å². The molecule has 3 rings (SSSR count). The molecule has 0 atom stereocenters. The number of anilines is 1. The van der Waals surface area contributed by atoms with E-state index in [9.17, 15) is 4.39 Å². The zero-order chi connectivity index (χ0) is 13.9. The fourth-order valence-electron chi connectivity index (χ4n) is 2.29. The first-order valence-corrected chi connectivity index (χ1v) is 7.43. The van der Waals surface area contributed by atoms with Crippen LogP contribution in [0.4, 0.5) is 10.2 Å². The van der Waals surface area contributed by atoms with Crippen molar-refractivity contribution in [1.82, 2.24) is 4.98 Å². The van der Waals surface area contributed by atoms with E-state index in [1.165, 1.54) is 10.8 Å². The van der Waals surface area contributed by atoms with Gasteiger partial charge < -0.3 is 5.32 Å². The molecule has 0 spiro atoms. The molecule has 2 heterocycles. The molecule has 3 aromatic rings. The van der Waals surface area contributed by atoms with Crippen LogP contribution in [0.25, 0.3) is 10.1 Å². The molecule has 0 unspecified atom stereocenters. The normalized spacial score (nSPS) is 10.9. The Bertz CT molecular complexity index is 736. The van der Waals surface area contributed by atoms with E-state index >= 15 is 0 Å². The SMILES string of the molecule is Cc1cc(F)ccc1CCNc1nccc2sccc12. The number of benzene rings is 1. The molecule has 4 heteroatoms. The third-order valence-corrected chi connectivity index (χ3v) is 4.25. The fourth-order valence-corrected chi connectivity index (χ4v) is 3.07. The van der Waals surface area contributed by atoms with Gasteiger partial charge in [0.1, 0.15) is 11.6 Å². The van der Waals surface area contributed by atoms with E-state index in [2.05, 4.69) is 21.7 Å². The van der Waals surface area contributed by atoms with Crippen molar-refractivity contribution >= 4 is 27.2 Å². The Morgan fingerprint density at radius 3 is 3.00 bits per heavy atom. The van der Waals surface area contributed by atoms with Crippen LogP contribution < -0.4 is 5.32 Å². The highest BCUT2D eigenvalue weighted by Gasteiger charge is 2.04. The minimum absolute atomic E-state index is 0.177. The Balaban J connectivity index is 1.69. The molecule has 0 aliphatic heterocycles. The third-order valence-electron chi connectivity index (χ3n) is 3.37. The number of halogens is 1. The van der Waals surface area contributed by atoms with Gasteiger partial charge in [-0.05, 0) is 54.1 Å². The lowest BCUT2D eigenvalue weighted by atomic mass is 10.1. The van der Waals surface area contributed by atoms with Crippen LogP contribution in [-0.4, -0.2) is 11.5 Å². The second-order valence-electron chi connectivity index (χ2n) is 4.74. The average molecular weight is 286 g/mol. The molecule has 0 bridgehead atoms. The zero-order valence-corrected chi connectivity index (χ0v) is 12.0. The number of rotatable bonds is 4. The molecule has 0 aliphatic rings. The first-order valence-electron chi connectivity index (χ1n) is 6.55. The number of thiophene rings is 1. The van der Waals surface area contributed by atoms with Gasteiger partial charge in [-0.2, -0.15) is 0 Å². The van der Waals surface area contributed by atoms with Crippen LogP contribution in [0.3, 0.4) is 0 Å². The molecule has 0 saturated carbocycles. The Hall–Kier alpha value is -1.94. The molecule has 1 aromatic carbocycles. The summed E-state index contributed by atoms with van der Waals surface area (Å²) in [5.41, 5.74) is 2.16. The molecule has 20 heavy (non-hydrogen) atoms. The van der Waals surface area contributed by atoms with Gasteiger partial charge in [0.25, 0.3) is 0 Å². The molecular weight excluding hydrogens is 271 g/mol. The molecule has 0 aliphatic carbocycles. The lowest BCUT2D eigenvalue weighted by Gasteiger charge is -2.09. The van der Waals surface area contributed by atoms with Gasteiger partial charge in [0.2, 0.25) is 0 Å². The molecule has 2 nitrogen and oxygen atoms in total. The van der Waals surface area contributed by atoms with Gasteiger partial charge in [-0.1, -0.05) is 6.07 Å². The summed E-state index contributed by atoms with van der Waals surface area (Å²) in [5, 5.41) is 6.60. The lowest BCUT2D eigenvalue weighted by Crippen LogP contribution is -2.07. The van der Waals surface area contributed by atoms with Crippen molar-refractivity contribution in [2.24, 2.45) is 0 Å². The number of hydrogen-bond acceptors (Lipinski definition) is 3. The minimum Gasteiger partial charge on any atom is -0.369 e. The van der Waals surface area contributed by atoms with Crippen LogP contribution in [0.15, 0.2) is 41.9 Å². The number of aromatic nitrogens is 1. The maximum atomic E-state index is 13.0. The minimum atomic E-state index is -0.177. The smallest absolute Gasteiger partial charge is 0.134 e. The van der Waals surface area contributed by atoms with Crippen molar-refractivity contribution in [2.75, 3.05) is 11.9 Å². The van der Waals surface area contributed by atoms with E-state index in [4.69, 9.17) is 0 Å². The van der Waals surface area contributed by atoms with E-state index in [0.29, 0.717) is 0 Å². The first kappa shape index (κ1) is 13.1. The average Bonchev–Trinajstić information content (AvgIpc) is 2.90. The molecule has 0 amide bonds. The van der Waals surface area contributed by atoms with Crippen molar-refractivity contribution in [2.45, 2.75) is 13.3 Å². The monoisotopic (exact) mass is 286 g/mol. The summed E-state index contributed by atoms with van der Waals surface area (Å²) in [4.78, 5) is 4.38. The Morgan fingerprint density at radius 1 is 1.25 bits per heavy atom. The van der Waals surface area contributed by atoms with E-state index in [1.807, 2.05) is 25.3 Å². The molecule has 0 fully saturated rings. The molecule has 2 aromatic heterocycles. The number of pyridine rings is 1. The summed E-state index contributed by atoms with van der Waals surface area (Å²) >= 11 is 1.71. The topological polar surface area (TPSA) is 24.9 Å². The standard InChI is InChI=1S/C16H15FN2S/c1-11-10-13(17)3-2-12(11)4-7-18-16-14-6-9-20-15(14)5-8-19-16/h2-3,5-6,8-10H,4,7H2,1H3,(H,18,19). The molecule has 0 radical (unpaired) electrons. The molecule has 102 valence electrons. The van der Waals surface area contributed by atoms with Gasteiger partial charge >= 0.3 is 0 Å². The van der Waals surface area contributed by atoms with Crippen LogP contribution in [0.5, 0.6) is 0 Å². The molecule has 1 N–H and O–H groups in total. The van der Waals surface area contributed by atoms with E-state index in [-0.39, 0.29) is 5.82 Å². The largest absolute Gasteiger partial charge is 0.369 e. The van der Waals surface area contributed by atoms with Gasteiger partial charge in [-0.3, -0.25) is 0 Å². The zero-order valence-electron chi connectivity index (χ0n) is 11.2. The van der Waals surface area contributed by atoms with Gasteiger partial charge in [0, 0.05) is 22.8 Å². The van der Waals surface area contributed by atoms with Crippen LogP contribution in [0.1, 0.15) is 11.1 Å². The van der Waals surface area contributed by atoms with E-state index in [1.54, 1.807) is 17.4 Å². The van der Waals surface area contributed by atoms with E-state index < -0.39 is 0 Å². The van der Waals surface area contributed by atoms with Crippen molar-refractivity contribution in [1.29, 1.82) is 0 Å². The second-order valence-corrected chi connectivity index (χ2v) is 5.69. The first-order chi connectivity index (χ1) is 9.74. The Kier molecular flexibility index (Phi) is 3.65. The number of hydrogen-bond donors (Lipinski definition) is 1. The van der Waals surface area contributed by atoms with E-state index in [0.717, 1.165) is 35.3 Å². The molecular formula is C16H15FN2S. The van der Waals surface area contributed by atoms with Gasteiger partial charge in [-0.25, -0.2) is 9.37 Å². The molecule has 0 saturated heterocycles. The Morgan fingerprint density at radius 2 is 2.15 bits per heavy atom. The predicted molar refractivity (Wildman–Crippen MR) is 83.0 cm³/mol. The fraction of sp³-hybridized carbons (Fsp3) is 0.188. The van der Waals surface area contributed by atoms with Crippen molar-refractivity contribution < 1.29 is 4.39 Å². The quantitative estimate of drug-likeness (QED) is 0.769. The number of nitrogens with one attached hydrogen (secondary N) is 1. The van der Waals surface area contributed by atoms with Crippen LogP contribution >= 0.6 is 11.3 Å². The number of nitrogens with zero attached hydrogens (tertiary/aromatic N) is 1. The third kappa shape index (κ3) is 2.65. The summed E-state index contributed by atoms with van der Waals surface area (Å²) in [6, 6.07) is 9.05. The summed E-state index contributed by atoms with van der Waals surface area (Å²) < 4.78 is 14.3. The van der Waals surface area contributed by atoms with Gasteiger partial charge in [0.05, 0.1) is 0 Å². The summed E-state index contributed by atoms with van der Waals surface area (Å²) in [5.74, 6) is 0.743. The summed E-state index contributed by atoms with van der Waals surface area (Å²) in [6.45, 7) is 2.73. The highest BCUT2D eigenvalue weighted by molar-refractivity contribution is 7.17. The van der Waals surface area contributed by atoms with Gasteiger partial charge in [-0.15, -0.1) is 11.3 Å². The van der Waals surface area contributed by atoms with Crippen LogP contribution in [-0.2, 0) is 6.42 Å². The second kappa shape index (κ2) is 5.59. The number of fused-ring (bicyclic) bond motifs is 1. The Labute approximate surface area is 121 Å². The van der Waals surface area contributed by atoms with Crippen molar-refractivity contribution in [3.8, 4) is 0 Å².